The van der Waals surface area contributed by atoms with Gasteiger partial charge in [0.1, 0.15) is 11.2 Å². The predicted octanol–water partition coefficient (Wildman–Crippen LogP) is 4.58. The summed E-state index contributed by atoms with van der Waals surface area (Å²) >= 11 is 0. The lowest BCUT2D eigenvalue weighted by atomic mass is 9.99. The van der Waals surface area contributed by atoms with E-state index in [1.165, 1.54) is 19.5 Å². The number of likely N-dealkylation sites (tertiary alicyclic amines) is 2. The maximum Gasteiger partial charge on any atom is 0.410 e. The van der Waals surface area contributed by atoms with E-state index in [1.807, 2.05) is 31.5 Å². The minimum atomic E-state index is -0.510. The number of carbonyl (C=O) groups excluding carboxylic acids is 2. The Morgan fingerprint density at radius 3 is 2.43 bits per heavy atom. The number of amides is 2. The third-order valence-electron chi connectivity index (χ3n) is 9.11. The van der Waals surface area contributed by atoms with Crippen LogP contribution < -0.4 is 10.2 Å². The first-order chi connectivity index (χ1) is 21.2. The number of piperidine rings is 2. The van der Waals surface area contributed by atoms with E-state index in [0.717, 1.165) is 61.1 Å². The molecule has 4 aromatic rings. The first kappa shape index (κ1) is 28.6. The lowest BCUT2D eigenvalue weighted by Gasteiger charge is -2.43. The van der Waals surface area contributed by atoms with Crippen molar-refractivity contribution in [3.8, 4) is 0 Å². The van der Waals surface area contributed by atoms with Gasteiger partial charge in [-0.05, 0) is 84.2 Å². The van der Waals surface area contributed by atoms with Gasteiger partial charge in [0.05, 0.1) is 29.1 Å². The van der Waals surface area contributed by atoms with Crippen molar-refractivity contribution in [2.75, 3.05) is 49.5 Å². The fourth-order valence-corrected chi connectivity index (χ4v) is 6.62. The fraction of sp³-hybridized carbons (Fsp3) is 0.531. The second-order valence-electron chi connectivity index (χ2n) is 13.2. The lowest BCUT2D eigenvalue weighted by molar-refractivity contribution is 0.0185. The second-order valence-corrected chi connectivity index (χ2v) is 13.2. The molecule has 6 heterocycles. The number of rotatable bonds is 5. The lowest BCUT2D eigenvalue weighted by Crippen LogP contribution is -2.50. The van der Waals surface area contributed by atoms with Gasteiger partial charge in [-0.15, -0.1) is 0 Å². The summed E-state index contributed by atoms with van der Waals surface area (Å²) in [5.74, 6) is -0.239. The highest BCUT2D eigenvalue weighted by Gasteiger charge is 2.31. The summed E-state index contributed by atoms with van der Waals surface area (Å²) in [6, 6.07) is 6.77. The molecule has 12 heteroatoms. The molecule has 2 amide bonds. The van der Waals surface area contributed by atoms with E-state index in [2.05, 4.69) is 37.5 Å². The number of carbonyl (C=O) groups is 2. The Kier molecular flexibility index (Phi) is 7.39. The zero-order chi connectivity index (χ0) is 30.4. The third-order valence-corrected chi connectivity index (χ3v) is 9.11. The summed E-state index contributed by atoms with van der Waals surface area (Å²) in [6.45, 7) is 11.2. The smallest absolute Gasteiger partial charge is 0.410 e. The molecule has 0 saturated carbocycles. The van der Waals surface area contributed by atoms with Gasteiger partial charge in [0.25, 0.3) is 5.91 Å². The standard InChI is InChI=1S/C32H41N9O3/c1-32(2,3)44-31(43)39-16-8-24(9-17-39)41-21-22-18-27(35-30(42)25-20-34-40-13-4-10-33-29(25)40)28(19-26(22)36-41)38-14-6-23(7-15-38)37-11-5-12-37/h4,10,13,18-21,23-24H,5-9,11-12,14-17H2,1-3H3,(H,35,42). The molecule has 3 saturated heterocycles. The van der Waals surface area contributed by atoms with Crippen LogP contribution in [-0.4, -0.2) is 97.1 Å². The van der Waals surface area contributed by atoms with E-state index in [1.54, 1.807) is 34.1 Å². The van der Waals surface area contributed by atoms with E-state index in [0.29, 0.717) is 30.3 Å². The van der Waals surface area contributed by atoms with Crippen LogP contribution >= 0.6 is 0 Å². The van der Waals surface area contributed by atoms with Crippen molar-refractivity contribution in [3.63, 3.8) is 0 Å². The van der Waals surface area contributed by atoms with Gasteiger partial charge in [-0.2, -0.15) is 10.2 Å². The molecule has 0 bridgehead atoms. The zero-order valence-electron chi connectivity index (χ0n) is 25.8. The highest BCUT2D eigenvalue weighted by molar-refractivity contribution is 6.10. The maximum atomic E-state index is 13.6. The van der Waals surface area contributed by atoms with Crippen LogP contribution in [0.5, 0.6) is 0 Å². The molecule has 3 aliphatic heterocycles. The van der Waals surface area contributed by atoms with Gasteiger partial charge in [0.2, 0.25) is 0 Å². The Balaban J connectivity index is 1.14. The highest BCUT2D eigenvalue weighted by atomic mass is 16.6. The number of ether oxygens (including phenoxy) is 1. The van der Waals surface area contributed by atoms with E-state index in [-0.39, 0.29) is 18.0 Å². The summed E-state index contributed by atoms with van der Waals surface area (Å²) < 4.78 is 9.22. The summed E-state index contributed by atoms with van der Waals surface area (Å²) in [5, 5.41) is 13.5. The molecule has 44 heavy (non-hydrogen) atoms. The maximum absolute atomic E-state index is 13.6. The van der Waals surface area contributed by atoms with Gasteiger partial charge in [0.15, 0.2) is 5.65 Å². The molecule has 0 aliphatic carbocycles. The molecule has 12 nitrogen and oxygen atoms in total. The van der Waals surface area contributed by atoms with E-state index >= 15 is 0 Å². The Bertz CT molecular complexity index is 1670. The van der Waals surface area contributed by atoms with Gasteiger partial charge < -0.3 is 24.8 Å². The number of aromatic nitrogens is 5. The van der Waals surface area contributed by atoms with Crippen LogP contribution in [0.15, 0.2) is 43.0 Å². The predicted molar refractivity (Wildman–Crippen MR) is 168 cm³/mol. The monoisotopic (exact) mass is 599 g/mol. The molecular formula is C32H41N9O3. The minimum Gasteiger partial charge on any atom is -0.444 e. The summed E-state index contributed by atoms with van der Waals surface area (Å²) in [4.78, 5) is 37.3. The fourth-order valence-electron chi connectivity index (χ4n) is 6.62. The van der Waals surface area contributed by atoms with Crippen molar-refractivity contribution < 1.29 is 14.3 Å². The molecule has 3 aliphatic rings. The summed E-state index contributed by atoms with van der Waals surface area (Å²) in [7, 11) is 0. The SMILES string of the molecule is CC(C)(C)OC(=O)N1CCC(n2cc3cc(NC(=O)c4cnn5cccnc45)c(N4CCC(N5CCC5)CC4)cc3n2)CC1. The van der Waals surface area contributed by atoms with E-state index < -0.39 is 5.60 Å². The third kappa shape index (κ3) is 5.70. The minimum absolute atomic E-state index is 0.180. The molecule has 7 rings (SSSR count). The van der Waals surface area contributed by atoms with Crippen molar-refractivity contribution in [1.29, 1.82) is 0 Å². The van der Waals surface area contributed by atoms with E-state index in [9.17, 15) is 9.59 Å². The van der Waals surface area contributed by atoms with Crippen molar-refractivity contribution >= 4 is 39.9 Å². The number of hydrogen-bond donors (Lipinski definition) is 1. The van der Waals surface area contributed by atoms with E-state index in [4.69, 9.17) is 9.84 Å². The van der Waals surface area contributed by atoms with Gasteiger partial charge in [-0.25, -0.2) is 14.3 Å². The number of anilines is 2. The van der Waals surface area contributed by atoms with Crippen LogP contribution in [0.1, 0.15) is 69.3 Å². The van der Waals surface area contributed by atoms with Crippen LogP contribution in [0.2, 0.25) is 0 Å². The Morgan fingerprint density at radius 1 is 0.977 bits per heavy atom. The van der Waals surface area contributed by atoms with Gasteiger partial charge in [0, 0.05) is 56.2 Å². The van der Waals surface area contributed by atoms with Gasteiger partial charge in [-0.1, -0.05) is 0 Å². The summed E-state index contributed by atoms with van der Waals surface area (Å²) in [6.07, 6.45) is 11.9. The number of hydrogen-bond acceptors (Lipinski definition) is 8. The van der Waals surface area contributed by atoms with Crippen LogP contribution in [-0.2, 0) is 4.74 Å². The molecule has 1 N–H and O–H groups in total. The quantitative estimate of drug-likeness (QED) is 0.355. The average Bonchev–Trinajstić information content (AvgIpc) is 3.60. The molecule has 1 aromatic carbocycles. The molecular weight excluding hydrogens is 558 g/mol. The Labute approximate surface area is 256 Å². The van der Waals surface area contributed by atoms with Crippen LogP contribution in [0.25, 0.3) is 16.6 Å². The normalized spacial score (nSPS) is 19.0. The van der Waals surface area contributed by atoms with Crippen molar-refractivity contribution in [2.24, 2.45) is 0 Å². The largest absolute Gasteiger partial charge is 0.444 e. The number of fused-ring (bicyclic) bond motifs is 2. The van der Waals surface area contributed by atoms with Crippen LogP contribution in [0.4, 0.5) is 16.2 Å². The summed E-state index contributed by atoms with van der Waals surface area (Å²) in [5.41, 5.74) is 3.09. The molecule has 3 aromatic heterocycles. The first-order valence-corrected chi connectivity index (χ1v) is 15.8. The van der Waals surface area contributed by atoms with Crippen molar-refractivity contribution in [2.45, 2.75) is 70.6 Å². The zero-order valence-corrected chi connectivity index (χ0v) is 25.8. The molecule has 0 spiro atoms. The Hall–Kier alpha value is -4.19. The average molecular weight is 600 g/mol. The topological polar surface area (TPSA) is 113 Å². The molecule has 0 unspecified atom stereocenters. The van der Waals surface area contributed by atoms with Gasteiger partial charge in [-0.3, -0.25) is 9.48 Å². The Morgan fingerprint density at radius 2 is 1.73 bits per heavy atom. The molecule has 0 atom stereocenters. The number of nitrogens with zero attached hydrogens (tertiary/aromatic N) is 8. The highest BCUT2D eigenvalue weighted by Crippen LogP contribution is 2.35. The molecule has 3 fully saturated rings. The van der Waals surface area contributed by atoms with Crippen molar-refractivity contribution in [1.82, 2.24) is 34.2 Å². The molecule has 232 valence electrons. The van der Waals surface area contributed by atoms with Crippen LogP contribution in [0, 0.1) is 0 Å². The number of nitrogens with one attached hydrogen (secondary N) is 1. The number of benzene rings is 1. The second kappa shape index (κ2) is 11.4. The van der Waals surface area contributed by atoms with Crippen molar-refractivity contribution in [3.05, 3.63) is 48.5 Å². The molecule has 0 radical (unpaired) electrons. The van der Waals surface area contributed by atoms with Gasteiger partial charge >= 0.3 is 6.09 Å². The first-order valence-electron chi connectivity index (χ1n) is 15.8. The van der Waals surface area contributed by atoms with Crippen LogP contribution in [0.3, 0.4) is 0 Å².